The van der Waals surface area contributed by atoms with Crippen LogP contribution in [0, 0.1) is 0 Å². The van der Waals surface area contributed by atoms with Gasteiger partial charge in [0.25, 0.3) is 0 Å². The molecule has 1 aliphatic rings. The molecule has 0 bridgehead atoms. The Morgan fingerprint density at radius 1 is 1.29 bits per heavy atom. The fourth-order valence-electron chi connectivity index (χ4n) is 1.24. The van der Waals surface area contributed by atoms with Crippen molar-refractivity contribution in [1.82, 2.24) is 0 Å². The number of nitrogens with two attached hydrogens (primary N) is 1. The van der Waals surface area contributed by atoms with Gasteiger partial charge in [-0.1, -0.05) is 12.5 Å². The van der Waals surface area contributed by atoms with Gasteiger partial charge in [-0.3, -0.25) is 0 Å². The molecule has 1 nitrogen and oxygen atoms in total. The quantitative estimate of drug-likeness (QED) is 0.777. The molecular formula is C12H16F3NS. The Labute approximate surface area is 104 Å². The molecule has 96 valence electrons. The van der Waals surface area contributed by atoms with Crippen LogP contribution in [0.1, 0.15) is 24.8 Å². The van der Waals surface area contributed by atoms with Crippen molar-refractivity contribution < 1.29 is 13.2 Å². The van der Waals surface area contributed by atoms with Crippen LogP contribution in [0.25, 0.3) is 0 Å². The fraction of sp³-hybridized carbons (Fsp3) is 0.500. The Kier molecular flexibility index (Phi) is 5.33. The molecule has 2 rings (SSSR count). The van der Waals surface area contributed by atoms with E-state index in [0.29, 0.717) is 10.9 Å². The average molecular weight is 263 g/mol. The number of hydrogen-bond acceptors (Lipinski definition) is 2. The van der Waals surface area contributed by atoms with Gasteiger partial charge < -0.3 is 5.73 Å². The summed E-state index contributed by atoms with van der Waals surface area (Å²) in [5.41, 5.74) is 4.79. The van der Waals surface area contributed by atoms with Gasteiger partial charge in [0.2, 0.25) is 0 Å². The summed E-state index contributed by atoms with van der Waals surface area (Å²) in [5.74, 6) is 0. The van der Waals surface area contributed by atoms with Gasteiger partial charge in [-0.05, 0) is 37.3 Å². The van der Waals surface area contributed by atoms with Gasteiger partial charge in [-0.2, -0.15) is 13.2 Å². The van der Waals surface area contributed by atoms with Gasteiger partial charge in [0.15, 0.2) is 0 Å². The zero-order valence-electron chi connectivity index (χ0n) is 9.63. The maximum atomic E-state index is 12.1. The molecule has 17 heavy (non-hydrogen) atoms. The van der Waals surface area contributed by atoms with Crippen molar-refractivity contribution in [1.29, 1.82) is 0 Å². The zero-order chi connectivity index (χ0) is 12.9. The van der Waals surface area contributed by atoms with Gasteiger partial charge in [-0.25, -0.2) is 0 Å². The summed E-state index contributed by atoms with van der Waals surface area (Å²) in [4.78, 5) is 0.629. The molecule has 0 saturated heterocycles. The zero-order valence-corrected chi connectivity index (χ0v) is 10.4. The number of alkyl halides is 3. The van der Waals surface area contributed by atoms with E-state index in [1.165, 1.54) is 37.1 Å². The smallest absolute Gasteiger partial charge is 0.328 e. The van der Waals surface area contributed by atoms with Gasteiger partial charge in [0, 0.05) is 10.9 Å². The normalized spacial score (nSPS) is 15.8. The lowest BCUT2D eigenvalue weighted by atomic mass is 9.95. The van der Waals surface area contributed by atoms with E-state index in [2.05, 4.69) is 0 Å². The van der Waals surface area contributed by atoms with Gasteiger partial charge in [0.1, 0.15) is 0 Å². The number of benzene rings is 1. The van der Waals surface area contributed by atoms with Crippen molar-refractivity contribution in [2.24, 2.45) is 5.73 Å². The van der Waals surface area contributed by atoms with E-state index in [1.807, 2.05) is 0 Å². The van der Waals surface area contributed by atoms with Gasteiger partial charge >= 0.3 is 6.18 Å². The Hall–Kier alpha value is -0.680. The van der Waals surface area contributed by atoms with E-state index in [4.69, 9.17) is 5.73 Å². The van der Waals surface area contributed by atoms with Crippen LogP contribution < -0.4 is 5.73 Å². The van der Waals surface area contributed by atoms with E-state index in [0.717, 1.165) is 12.1 Å². The SMILES string of the molecule is CSc1cccc(C(F)(F)F)c1.NC1CCC1. The fourth-order valence-corrected chi connectivity index (χ4v) is 1.70. The molecule has 0 aromatic heterocycles. The Morgan fingerprint density at radius 3 is 2.24 bits per heavy atom. The maximum Gasteiger partial charge on any atom is 0.416 e. The molecule has 5 heteroatoms. The third-order valence-corrected chi connectivity index (χ3v) is 3.27. The van der Waals surface area contributed by atoms with Crippen LogP contribution in [0.5, 0.6) is 0 Å². The first-order chi connectivity index (χ1) is 7.93. The van der Waals surface area contributed by atoms with Crippen molar-refractivity contribution >= 4 is 11.8 Å². The molecule has 0 heterocycles. The first-order valence-corrected chi connectivity index (χ1v) is 6.63. The molecule has 1 aromatic rings. The van der Waals surface area contributed by atoms with Crippen LogP contribution in [-0.2, 0) is 6.18 Å². The summed E-state index contributed by atoms with van der Waals surface area (Å²) in [5, 5.41) is 0. The maximum absolute atomic E-state index is 12.1. The second-order valence-corrected chi connectivity index (χ2v) is 4.80. The third-order valence-electron chi connectivity index (χ3n) is 2.55. The molecule has 0 atom stereocenters. The minimum atomic E-state index is -4.23. The molecule has 0 unspecified atom stereocenters. The highest BCUT2D eigenvalue weighted by Gasteiger charge is 2.30. The largest absolute Gasteiger partial charge is 0.416 e. The summed E-state index contributed by atoms with van der Waals surface area (Å²) in [6.45, 7) is 0. The third kappa shape index (κ3) is 5.00. The molecule has 0 spiro atoms. The van der Waals surface area contributed by atoms with E-state index in [1.54, 1.807) is 12.3 Å². The first kappa shape index (κ1) is 14.4. The Morgan fingerprint density at radius 2 is 1.88 bits per heavy atom. The average Bonchev–Trinajstić information content (AvgIpc) is 2.26. The van der Waals surface area contributed by atoms with E-state index >= 15 is 0 Å². The van der Waals surface area contributed by atoms with E-state index in [-0.39, 0.29) is 0 Å². The lowest BCUT2D eigenvalue weighted by Crippen LogP contribution is -2.27. The van der Waals surface area contributed by atoms with E-state index in [9.17, 15) is 13.2 Å². The van der Waals surface area contributed by atoms with E-state index < -0.39 is 11.7 Å². The molecule has 2 N–H and O–H groups in total. The Balaban J connectivity index is 0.000000239. The number of thioether (sulfide) groups is 1. The summed E-state index contributed by atoms with van der Waals surface area (Å²) in [7, 11) is 0. The summed E-state index contributed by atoms with van der Waals surface area (Å²) >= 11 is 1.30. The second-order valence-electron chi connectivity index (χ2n) is 3.92. The highest BCUT2D eigenvalue weighted by atomic mass is 32.2. The van der Waals surface area contributed by atoms with Crippen molar-refractivity contribution in [3.8, 4) is 0 Å². The molecular weight excluding hydrogens is 247 g/mol. The van der Waals surface area contributed by atoms with Crippen LogP contribution in [0.15, 0.2) is 29.2 Å². The van der Waals surface area contributed by atoms with Crippen LogP contribution in [0.2, 0.25) is 0 Å². The molecule has 1 saturated carbocycles. The lowest BCUT2D eigenvalue weighted by molar-refractivity contribution is -0.137. The second kappa shape index (κ2) is 6.31. The van der Waals surface area contributed by atoms with Crippen LogP contribution in [-0.4, -0.2) is 12.3 Å². The minimum absolute atomic E-state index is 0.565. The summed E-state index contributed by atoms with van der Waals surface area (Å²) in [6.07, 6.45) is 1.41. The standard InChI is InChI=1S/C8H7F3S.C4H9N/c1-12-7-4-2-3-6(5-7)8(9,10)11;5-4-2-1-3-4/h2-5H,1H3;4H,1-3,5H2. The van der Waals surface area contributed by atoms with Gasteiger partial charge in [0.05, 0.1) is 5.56 Å². The number of hydrogen-bond donors (Lipinski definition) is 1. The Bertz CT molecular complexity index is 348. The van der Waals surface area contributed by atoms with Crippen LogP contribution in [0.3, 0.4) is 0 Å². The van der Waals surface area contributed by atoms with Gasteiger partial charge in [-0.15, -0.1) is 11.8 Å². The molecule has 0 aliphatic heterocycles. The summed E-state index contributed by atoms with van der Waals surface area (Å²) < 4.78 is 36.3. The number of rotatable bonds is 1. The number of halogens is 3. The lowest BCUT2D eigenvalue weighted by Gasteiger charge is -2.18. The predicted molar refractivity (Wildman–Crippen MR) is 65.1 cm³/mol. The molecule has 0 radical (unpaired) electrons. The highest BCUT2D eigenvalue weighted by molar-refractivity contribution is 7.98. The summed E-state index contributed by atoms with van der Waals surface area (Å²) in [6, 6.07) is 5.84. The topological polar surface area (TPSA) is 26.0 Å². The first-order valence-electron chi connectivity index (χ1n) is 5.40. The van der Waals surface area contributed by atoms with Crippen LogP contribution in [0.4, 0.5) is 13.2 Å². The highest BCUT2D eigenvalue weighted by Crippen LogP contribution is 2.31. The van der Waals surface area contributed by atoms with Crippen molar-refractivity contribution in [3.63, 3.8) is 0 Å². The minimum Gasteiger partial charge on any atom is -0.328 e. The van der Waals surface area contributed by atoms with Crippen molar-refractivity contribution in [2.45, 2.75) is 36.4 Å². The monoisotopic (exact) mass is 263 g/mol. The molecule has 0 amide bonds. The van der Waals surface area contributed by atoms with Crippen molar-refractivity contribution in [2.75, 3.05) is 6.26 Å². The molecule has 1 fully saturated rings. The predicted octanol–water partition coefficient (Wildman–Crippen LogP) is 3.92. The van der Waals surface area contributed by atoms with Crippen LogP contribution >= 0.6 is 11.8 Å². The molecule has 1 aliphatic carbocycles. The molecule has 1 aromatic carbocycles. The van der Waals surface area contributed by atoms with Crippen molar-refractivity contribution in [3.05, 3.63) is 29.8 Å².